The van der Waals surface area contributed by atoms with Crippen molar-refractivity contribution in [3.05, 3.63) is 71.8 Å². The van der Waals surface area contributed by atoms with Crippen molar-refractivity contribution in [3.63, 3.8) is 0 Å². The summed E-state index contributed by atoms with van der Waals surface area (Å²) >= 11 is 0. The predicted molar refractivity (Wildman–Crippen MR) is 80.9 cm³/mol. The van der Waals surface area contributed by atoms with Crippen LogP contribution in [0.4, 0.5) is 0 Å². The summed E-state index contributed by atoms with van der Waals surface area (Å²) in [6.45, 7) is 3.87. The van der Waals surface area contributed by atoms with Crippen LogP contribution in [0, 0.1) is 0 Å². The molecule has 0 spiro atoms. The minimum Gasteiger partial charge on any atom is -0.481 e. The van der Waals surface area contributed by atoms with Crippen molar-refractivity contribution in [2.45, 2.75) is 31.6 Å². The standard InChI is InChI=1S/C18H20O2/c1-3-16(14-10-6-4-7-11-14)18(2,17(19)20)15-12-8-5-9-13-15/h4-13,16H,3H2,1-2H3,(H,19,20). The zero-order valence-electron chi connectivity index (χ0n) is 11.9. The molecule has 0 fully saturated rings. The van der Waals surface area contributed by atoms with Crippen LogP contribution in [0.5, 0.6) is 0 Å². The molecule has 1 N–H and O–H groups in total. The lowest BCUT2D eigenvalue weighted by Crippen LogP contribution is -2.38. The number of benzene rings is 2. The zero-order chi connectivity index (χ0) is 14.6. The van der Waals surface area contributed by atoms with E-state index in [1.807, 2.05) is 74.5 Å². The SMILES string of the molecule is CCC(c1ccccc1)C(C)(C(=O)O)c1ccccc1. The van der Waals surface area contributed by atoms with Crippen LogP contribution in [0.15, 0.2) is 60.7 Å². The molecule has 0 aliphatic rings. The second-order valence-electron chi connectivity index (χ2n) is 5.25. The molecule has 2 unspecified atom stereocenters. The Morgan fingerprint density at radius 3 is 2.00 bits per heavy atom. The Morgan fingerprint density at radius 2 is 1.55 bits per heavy atom. The summed E-state index contributed by atoms with van der Waals surface area (Å²) in [7, 11) is 0. The largest absolute Gasteiger partial charge is 0.481 e. The quantitative estimate of drug-likeness (QED) is 0.881. The molecule has 0 radical (unpaired) electrons. The van der Waals surface area contributed by atoms with Gasteiger partial charge in [0.25, 0.3) is 0 Å². The molecule has 0 bridgehead atoms. The van der Waals surface area contributed by atoms with Crippen molar-refractivity contribution in [2.24, 2.45) is 0 Å². The van der Waals surface area contributed by atoms with Gasteiger partial charge in [-0.1, -0.05) is 67.6 Å². The number of carboxylic acid groups (broad SMARTS) is 1. The number of carboxylic acids is 1. The third kappa shape index (κ3) is 2.46. The summed E-state index contributed by atoms with van der Waals surface area (Å²) in [5.74, 6) is -0.831. The van der Waals surface area contributed by atoms with Crippen molar-refractivity contribution in [1.82, 2.24) is 0 Å². The highest BCUT2D eigenvalue weighted by Crippen LogP contribution is 2.41. The first-order chi connectivity index (χ1) is 9.60. The fourth-order valence-electron chi connectivity index (χ4n) is 2.92. The van der Waals surface area contributed by atoms with Gasteiger partial charge in [-0.2, -0.15) is 0 Å². The summed E-state index contributed by atoms with van der Waals surface area (Å²) in [5.41, 5.74) is 1.00. The number of rotatable bonds is 5. The Labute approximate surface area is 120 Å². The number of aliphatic carboxylic acids is 1. The van der Waals surface area contributed by atoms with Crippen molar-refractivity contribution in [2.75, 3.05) is 0 Å². The third-order valence-electron chi connectivity index (χ3n) is 4.12. The van der Waals surface area contributed by atoms with E-state index in [0.29, 0.717) is 0 Å². The van der Waals surface area contributed by atoms with Crippen LogP contribution in [0.2, 0.25) is 0 Å². The molecule has 0 aromatic heterocycles. The molecule has 0 saturated carbocycles. The van der Waals surface area contributed by atoms with E-state index in [1.165, 1.54) is 0 Å². The second-order valence-corrected chi connectivity index (χ2v) is 5.25. The topological polar surface area (TPSA) is 37.3 Å². The molecule has 2 nitrogen and oxygen atoms in total. The molecule has 2 atom stereocenters. The van der Waals surface area contributed by atoms with Crippen LogP contribution in [-0.4, -0.2) is 11.1 Å². The highest BCUT2D eigenvalue weighted by Gasteiger charge is 2.42. The van der Waals surface area contributed by atoms with Gasteiger partial charge >= 0.3 is 5.97 Å². The van der Waals surface area contributed by atoms with E-state index >= 15 is 0 Å². The van der Waals surface area contributed by atoms with Crippen LogP contribution in [0.25, 0.3) is 0 Å². The Bertz CT molecular complexity index is 562. The van der Waals surface area contributed by atoms with Gasteiger partial charge in [0.05, 0.1) is 5.41 Å². The van der Waals surface area contributed by atoms with E-state index in [9.17, 15) is 9.90 Å². The lowest BCUT2D eigenvalue weighted by molar-refractivity contribution is -0.144. The Kier molecular flexibility index (Phi) is 4.23. The van der Waals surface area contributed by atoms with Crippen molar-refractivity contribution in [1.29, 1.82) is 0 Å². The van der Waals surface area contributed by atoms with Crippen LogP contribution in [-0.2, 0) is 10.2 Å². The van der Waals surface area contributed by atoms with E-state index in [1.54, 1.807) is 0 Å². The highest BCUT2D eigenvalue weighted by molar-refractivity contribution is 5.82. The van der Waals surface area contributed by atoms with Gasteiger partial charge in [0.2, 0.25) is 0 Å². The first-order valence-corrected chi connectivity index (χ1v) is 6.94. The maximum atomic E-state index is 12.0. The van der Waals surface area contributed by atoms with Crippen molar-refractivity contribution < 1.29 is 9.90 Å². The van der Waals surface area contributed by atoms with Gasteiger partial charge in [-0.05, 0) is 24.5 Å². The second kappa shape index (κ2) is 5.91. The summed E-state index contributed by atoms with van der Waals surface area (Å²) < 4.78 is 0. The molecule has 0 heterocycles. The van der Waals surface area contributed by atoms with Crippen LogP contribution in [0.1, 0.15) is 37.3 Å². The van der Waals surface area contributed by atoms with Gasteiger partial charge < -0.3 is 5.11 Å². The summed E-state index contributed by atoms with van der Waals surface area (Å²) in [6, 6.07) is 19.4. The van der Waals surface area contributed by atoms with Gasteiger partial charge in [-0.25, -0.2) is 0 Å². The highest BCUT2D eigenvalue weighted by atomic mass is 16.4. The van der Waals surface area contributed by atoms with E-state index in [4.69, 9.17) is 0 Å². The monoisotopic (exact) mass is 268 g/mol. The zero-order valence-corrected chi connectivity index (χ0v) is 11.9. The molecular formula is C18H20O2. The summed E-state index contributed by atoms with van der Waals surface area (Å²) in [4.78, 5) is 12.0. The fraction of sp³-hybridized carbons (Fsp3) is 0.278. The normalized spacial score (nSPS) is 15.3. The van der Waals surface area contributed by atoms with Gasteiger partial charge in [-0.15, -0.1) is 0 Å². The minimum absolute atomic E-state index is 0.0522. The van der Waals surface area contributed by atoms with E-state index < -0.39 is 11.4 Å². The van der Waals surface area contributed by atoms with Gasteiger partial charge in [-0.3, -0.25) is 4.79 Å². The molecule has 2 heteroatoms. The molecule has 0 aliphatic heterocycles. The molecule has 104 valence electrons. The first kappa shape index (κ1) is 14.3. The lowest BCUT2D eigenvalue weighted by atomic mass is 9.68. The first-order valence-electron chi connectivity index (χ1n) is 6.94. The van der Waals surface area contributed by atoms with Crippen molar-refractivity contribution in [3.8, 4) is 0 Å². The van der Waals surface area contributed by atoms with E-state index in [2.05, 4.69) is 0 Å². The molecular weight excluding hydrogens is 248 g/mol. The Hall–Kier alpha value is -2.09. The number of hydrogen-bond donors (Lipinski definition) is 1. The van der Waals surface area contributed by atoms with Gasteiger partial charge in [0.15, 0.2) is 0 Å². The molecule has 2 aromatic carbocycles. The molecule has 2 rings (SSSR count). The molecule has 0 amide bonds. The summed E-state index contributed by atoms with van der Waals surface area (Å²) in [6.07, 6.45) is 0.779. The minimum atomic E-state index is -0.919. The Balaban J connectivity index is 2.55. The average Bonchev–Trinajstić information content (AvgIpc) is 2.49. The molecule has 20 heavy (non-hydrogen) atoms. The number of hydrogen-bond acceptors (Lipinski definition) is 1. The molecule has 2 aromatic rings. The lowest BCUT2D eigenvalue weighted by Gasteiger charge is -2.34. The Morgan fingerprint density at radius 1 is 1.05 bits per heavy atom. The molecule has 0 aliphatic carbocycles. The number of carbonyl (C=O) groups is 1. The maximum Gasteiger partial charge on any atom is 0.314 e. The fourth-order valence-corrected chi connectivity index (χ4v) is 2.92. The van der Waals surface area contributed by atoms with E-state index in [0.717, 1.165) is 17.5 Å². The maximum absolute atomic E-state index is 12.0. The van der Waals surface area contributed by atoms with Crippen LogP contribution >= 0.6 is 0 Å². The average molecular weight is 268 g/mol. The van der Waals surface area contributed by atoms with E-state index in [-0.39, 0.29) is 5.92 Å². The van der Waals surface area contributed by atoms with Gasteiger partial charge in [0, 0.05) is 5.92 Å². The van der Waals surface area contributed by atoms with Crippen molar-refractivity contribution >= 4 is 5.97 Å². The summed E-state index contributed by atoms with van der Waals surface area (Å²) in [5, 5.41) is 9.85. The van der Waals surface area contributed by atoms with Crippen LogP contribution < -0.4 is 0 Å². The predicted octanol–water partition coefficient (Wildman–Crippen LogP) is 4.22. The van der Waals surface area contributed by atoms with Gasteiger partial charge in [0.1, 0.15) is 0 Å². The van der Waals surface area contributed by atoms with Crippen LogP contribution in [0.3, 0.4) is 0 Å². The molecule has 0 saturated heterocycles. The third-order valence-corrected chi connectivity index (χ3v) is 4.12. The smallest absolute Gasteiger partial charge is 0.314 e.